The van der Waals surface area contributed by atoms with Gasteiger partial charge in [0.1, 0.15) is 0 Å². The zero-order valence-corrected chi connectivity index (χ0v) is 20.9. The van der Waals surface area contributed by atoms with E-state index >= 15 is 0 Å². The van der Waals surface area contributed by atoms with Crippen molar-refractivity contribution in [2.45, 2.75) is 32.6 Å². The van der Waals surface area contributed by atoms with E-state index in [-0.39, 0.29) is 20.1 Å². The first-order chi connectivity index (χ1) is 15.8. The van der Waals surface area contributed by atoms with Crippen LogP contribution in [-0.2, 0) is 32.9 Å². The molecule has 0 fully saturated rings. The van der Waals surface area contributed by atoms with Gasteiger partial charge in [0.25, 0.3) is 0 Å². The van der Waals surface area contributed by atoms with Crippen LogP contribution in [0.15, 0.2) is 83.5 Å². The summed E-state index contributed by atoms with van der Waals surface area (Å²) in [6.07, 6.45) is 8.32. The van der Waals surface area contributed by atoms with E-state index in [0.717, 1.165) is 40.9 Å². The Bertz CT molecular complexity index is 1290. The van der Waals surface area contributed by atoms with Crippen LogP contribution in [0.2, 0.25) is 0 Å². The van der Waals surface area contributed by atoms with Gasteiger partial charge in [-0.3, -0.25) is 0 Å². The van der Waals surface area contributed by atoms with Crippen LogP contribution in [0, 0.1) is 19.1 Å². The maximum Gasteiger partial charge on any atom is 0.0930 e. The third kappa shape index (κ3) is 5.13. The van der Waals surface area contributed by atoms with Crippen molar-refractivity contribution in [3.63, 3.8) is 0 Å². The fraction of sp³-hybridized carbons (Fsp3) is 0.172. The van der Waals surface area contributed by atoms with Crippen molar-refractivity contribution in [2.24, 2.45) is 0 Å². The Morgan fingerprint density at radius 2 is 1.67 bits per heavy atom. The van der Waals surface area contributed by atoms with Gasteiger partial charge in [0, 0.05) is 38.9 Å². The smallest absolute Gasteiger partial charge is 0.0930 e. The van der Waals surface area contributed by atoms with Gasteiger partial charge < -0.3 is 14.4 Å². The van der Waals surface area contributed by atoms with E-state index in [1.807, 2.05) is 60.8 Å². The van der Waals surface area contributed by atoms with Gasteiger partial charge in [-0.2, -0.15) is 0 Å². The molecule has 0 N–H and O–H groups in total. The van der Waals surface area contributed by atoms with E-state index in [4.69, 9.17) is 4.42 Å². The molecule has 33 heavy (non-hydrogen) atoms. The summed E-state index contributed by atoms with van der Waals surface area (Å²) in [4.78, 5) is 8.69. The Balaban J connectivity index is 0.000000172. The van der Waals surface area contributed by atoms with Crippen molar-refractivity contribution in [2.75, 3.05) is 0 Å². The summed E-state index contributed by atoms with van der Waals surface area (Å²) < 4.78 is 6.14. The van der Waals surface area contributed by atoms with E-state index < -0.39 is 0 Å². The Kier molecular flexibility index (Phi) is 7.49. The molecule has 6 rings (SSSR count). The van der Waals surface area contributed by atoms with E-state index in [2.05, 4.69) is 41.2 Å². The number of aryl methyl sites for hydroxylation is 3. The molecule has 1 aliphatic carbocycles. The molecule has 0 saturated carbocycles. The maximum absolute atomic E-state index is 6.14. The van der Waals surface area contributed by atoms with Gasteiger partial charge in [-0.1, -0.05) is 34.7 Å². The molecule has 0 bridgehead atoms. The molecule has 1 radical (unpaired) electrons. The summed E-state index contributed by atoms with van der Waals surface area (Å²) in [5.41, 5.74) is 7.50. The van der Waals surface area contributed by atoms with Crippen LogP contribution in [0.4, 0.5) is 0 Å². The molecule has 2 aromatic carbocycles. The van der Waals surface area contributed by atoms with Crippen LogP contribution in [0.3, 0.4) is 0 Å². The summed E-state index contributed by atoms with van der Waals surface area (Å²) >= 11 is 0. The first-order valence-electron chi connectivity index (χ1n) is 11.1. The topological polar surface area (TPSA) is 38.9 Å². The first kappa shape index (κ1) is 23.1. The number of hydrogen-bond acceptors (Lipinski definition) is 3. The van der Waals surface area contributed by atoms with Crippen molar-refractivity contribution < 1.29 is 24.5 Å². The molecule has 0 atom stereocenters. The van der Waals surface area contributed by atoms with Crippen LogP contribution in [0.25, 0.3) is 33.5 Å². The molecule has 0 saturated heterocycles. The van der Waals surface area contributed by atoms with Gasteiger partial charge in [-0.15, -0.1) is 54.1 Å². The van der Waals surface area contributed by atoms with Crippen LogP contribution < -0.4 is 0 Å². The second kappa shape index (κ2) is 10.7. The van der Waals surface area contributed by atoms with Gasteiger partial charge in [-0.25, -0.2) is 0 Å². The number of rotatable bonds is 2. The number of furan rings is 1. The van der Waals surface area contributed by atoms with Crippen molar-refractivity contribution in [3.8, 4) is 22.5 Å². The minimum Gasteiger partial charge on any atom is -0.505 e. The van der Waals surface area contributed by atoms with Crippen molar-refractivity contribution >= 4 is 11.0 Å². The van der Waals surface area contributed by atoms with Crippen LogP contribution >= 0.6 is 0 Å². The van der Waals surface area contributed by atoms with Gasteiger partial charge >= 0.3 is 0 Å². The van der Waals surface area contributed by atoms with E-state index in [9.17, 15) is 0 Å². The first-order valence-corrected chi connectivity index (χ1v) is 11.1. The number of benzene rings is 2. The van der Waals surface area contributed by atoms with Crippen LogP contribution in [0.1, 0.15) is 29.7 Å². The third-order valence-electron chi connectivity index (χ3n) is 5.74. The van der Waals surface area contributed by atoms with Crippen LogP contribution in [0.5, 0.6) is 0 Å². The van der Waals surface area contributed by atoms with Crippen molar-refractivity contribution in [3.05, 3.63) is 108 Å². The molecule has 0 aliphatic heterocycles. The molecule has 5 aromatic rings. The number of hydrogen-bond donors (Lipinski definition) is 0. The SMILES string of the molecule is Cc1ccnc(-c2[c-]ccc3c4c(oc23)CCCC4)c1.[Ir].[c-]1ccccc1-c1ccccn1. The Morgan fingerprint density at radius 1 is 0.818 bits per heavy atom. The summed E-state index contributed by atoms with van der Waals surface area (Å²) in [5.74, 6) is 1.17. The Morgan fingerprint density at radius 3 is 2.45 bits per heavy atom. The number of pyridine rings is 2. The molecule has 3 nitrogen and oxygen atoms in total. The largest absolute Gasteiger partial charge is 0.505 e. The van der Waals surface area contributed by atoms with Gasteiger partial charge in [0.05, 0.1) is 11.3 Å². The molecule has 3 heterocycles. The number of nitrogens with zero attached hydrogens (tertiary/aromatic N) is 2. The minimum atomic E-state index is 0. The molecule has 1 aliphatic rings. The molecule has 0 amide bonds. The quantitative estimate of drug-likeness (QED) is 0.202. The van der Waals surface area contributed by atoms with E-state index in [1.54, 1.807) is 6.20 Å². The average molecular weight is 609 g/mol. The minimum absolute atomic E-state index is 0. The Labute approximate surface area is 208 Å². The number of fused-ring (bicyclic) bond motifs is 3. The average Bonchev–Trinajstić information content (AvgIpc) is 3.24. The Hall–Kier alpha value is -3.07. The summed E-state index contributed by atoms with van der Waals surface area (Å²) in [6, 6.07) is 28.3. The number of aromatic nitrogens is 2. The van der Waals surface area contributed by atoms with Gasteiger partial charge in [0.15, 0.2) is 0 Å². The van der Waals surface area contributed by atoms with E-state index in [0.29, 0.717) is 0 Å². The van der Waals surface area contributed by atoms with Gasteiger partial charge in [-0.05, 0) is 55.3 Å². The maximum atomic E-state index is 6.14. The monoisotopic (exact) mass is 609 g/mol. The molecule has 4 heteroatoms. The second-order valence-corrected chi connectivity index (χ2v) is 8.02. The summed E-state index contributed by atoms with van der Waals surface area (Å²) in [7, 11) is 0. The van der Waals surface area contributed by atoms with Crippen LogP contribution in [-0.4, -0.2) is 9.97 Å². The summed E-state index contributed by atoms with van der Waals surface area (Å²) in [6.45, 7) is 2.08. The molecule has 0 spiro atoms. The fourth-order valence-corrected chi connectivity index (χ4v) is 4.16. The molecular weight excluding hydrogens is 585 g/mol. The second-order valence-electron chi connectivity index (χ2n) is 8.02. The predicted molar refractivity (Wildman–Crippen MR) is 128 cm³/mol. The van der Waals surface area contributed by atoms with E-state index in [1.165, 1.54) is 35.1 Å². The molecular formula is C29H24IrN2O-2. The summed E-state index contributed by atoms with van der Waals surface area (Å²) in [5, 5.41) is 1.25. The normalized spacial score (nSPS) is 12.3. The van der Waals surface area contributed by atoms with Crippen molar-refractivity contribution in [1.29, 1.82) is 0 Å². The third-order valence-corrected chi connectivity index (χ3v) is 5.74. The fourth-order valence-electron chi connectivity index (χ4n) is 4.16. The van der Waals surface area contributed by atoms with Crippen molar-refractivity contribution in [1.82, 2.24) is 9.97 Å². The molecule has 3 aromatic heterocycles. The standard InChI is InChI=1S/C18H16NO.C11H8N.Ir/c1-12-9-10-19-16(11-12)15-7-4-6-14-13-5-2-3-8-17(13)20-18(14)15;1-2-6-10(7-3-1)11-8-4-5-9-12-11;/h4,6,9-11H,2-3,5,8H2,1H3;1-6,8-9H;/q2*-1;. The predicted octanol–water partition coefficient (Wildman–Crippen LogP) is 7.03. The van der Waals surface area contributed by atoms with Gasteiger partial charge in [0.2, 0.25) is 0 Å². The molecule has 167 valence electrons. The zero-order valence-electron chi connectivity index (χ0n) is 18.5. The zero-order chi connectivity index (χ0) is 21.8. The molecule has 0 unspecified atom stereocenters.